The van der Waals surface area contributed by atoms with Gasteiger partial charge >= 0.3 is 0 Å². The number of hydrogen-bond donors (Lipinski definition) is 2. The maximum atomic E-state index is 10.6. The molecule has 3 N–H and O–H groups in total. The van der Waals surface area contributed by atoms with E-state index < -0.39 is 5.60 Å². The largest absolute Gasteiger partial charge is 0.387 e. The Bertz CT molecular complexity index is 297. The Labute approximate surface area is 111 Å². The third-order valence-electron chi connectivity index (χ3n) is 5.62. The van der Waals surface area contributed by atoms with E-state index in [0.29, 0.717) is 17.9 Å². The lowest BCUT2D eigenvalue weighted by molar-refractivity contribution is -0.00614. The second kappa shape index (κ2) is 4.77. The van der Waals surface area contributed by atoms with Crippen molar-refractivity contribution in [3.63, 3.8) is 0 Å². The molecule has 1 atom stereocenters. The van der Waals surface area contributed by atoms with Gasteiger partial charge in [0, 0.05) is 19.6 Å². The Hall–Kier alpha value is -0.120. The molecule has 1 heterocycles. The maximum Gasteiger partial charge on any atom is 0.0923 e. The molecule has 0 aromatic rings. The number of rotatable bonds is 4. The van der Waals surface area contributed by atoms with Crippen molar-refractivity contribution in [2.75, 3.05) is 26.2 Å². The van der Waals surface area contributed by atoms with E-state index in [2.05, 4.69) is 4.90 Å². The highest BCUT2D eigenvalue weighted by atomic mass is 16.3. The van der Waals surface area contributed by atoms with Crippen molar-refractivity contribution in [1.82, 2.24) is 4.90 Å². The normalized spacial score (nSPS) is 31.7. The fourth-order valence-electron chi connectivity index (χ4n) is 4.24. The van der Waals surface area contributed by atoms with Crippen molar-refractivity contribution < 1.29 is 5.11 Å². The second-order valence-electron chi connectivity index (χ2n) is 7.10. The van der Waals surface area contributed by atoms with Crippen LogP contribution in [0.1, 0.15) is 51.4 Å². The summed E-state index contributed by atoms with van der Waals surface area (Å²) in [5, 5.41) is 10.6. The number of nitrogens with two attached hydrogens (primary N) is 1. The van der Waals surface area contributed by atoms with Gasteiger partial charge in [-0.2, -0.15) is 0 Å². The summed E-state index contributed by atoms with van der Waals surface area (Å²) < 4.78 is 0. The van der Waals surface area contributed by atoms with Crippen LogP contribution >= 0.6 is 0 Å². The van der Waals surface area contributed by atoms with Gasteiger partial charge in [0.15, 0.2) is 0 Å². The molecule has 0 aromatic carbocycles. The van der Waals surface area contributed by atoms with E-state index in [4.69, 9.17) is 5.73 Å². The van der Waals surface area contributed by atoms with E-state index in [-0.39, 0.29) is 0 Å². The van der Waals surface area contributed by atoms with Crippen LogP contribution in [0.2, 0.25) is 0 Å². The van der Waals surface area contributed by atoms with Crippen molar-refractivity contribution in [2.45, 2.75) is 57.0 Å². The summed E-state index contributed by atoms with van der Waals surface area (Å²) in [7, 11) is 0. The Morgan fingerprint density at radius 1 is 1.17 bits per heavy atom. The van der Waals surface area contributed by atoms with Gasteiger partial charge in [0.25, 0.3) is 0 Å². The van der Waals surface area contributed by atoms with E-state index in [1.165, 1.54) is 64.5 Å². The molecule has 3 fully saturated rings. The molecule has 0 bridgehead atoms. The molecule has 104 valence electrons. The van der Waals surface area contributed by atoms with Crippen molar-refractivity contribution >= 4 is 0 Å². The number of nitrogens with zero attached hydrogens (tertiary/aromatic N) is 1. The van der Waals surface area contributed by atoms with Gasteiger partial charge in [0.1, 0.15) is 0 Å². The molecule has 3 aliphatic rings. The molecule has 0 radical (unpaired) electrons. The molecule has 2 aliphatic carbocycles. The Morgan fingerprint density at radius 2 is 1.89 bits per heavy atom. The second-order valence-corrected chi connectivity index (χ2v) is 7.10. The van der Waals surface area contributed by atoms with Crippen molar-refractivity contribution in [1.29, 1.82) is 0 Å². The quantitative estimate of drug-likeness (QED) is 0.801. The molecule has 1 unspecified atom stereocenters. The fourth-order valence-corrected chi connectivity index (χ4v) is 4.24. The van der Waals surface area contributed by atoms with Crippen LogP contribution < -0.4 is 5.73 Å². The lowest BCUT2D eigenvalue weighted by Gasteiger charge is -2.35. The highest BCUT2D eigenvalue weighted by Crippen LogP contribution is 2.45. The van der Waals surface area contributed by atoms with Crippen LogP contribution in [-0.4, -0.2) is 41.8 Å². The van der Waals surface area contributed by atoms with Gasteiger partial charge in [-0.25, -0.2) is 0 Å². The summed E-state index contributed by atoms with van der Waals surface area (Å²) in [5.74, 6) is 0.477. The van der Waals surface area contributed by atoms with Crippen LogP contribution in [0.15, 0.2) is 0 Å². The van der Waals surface area contributed by atoms with Gasteiger partial charge in [0.2, 0.25) is 0 Å². The van der Waals surface area contributed by atoms with Gasteiger partial charge in [-0.15, -0.1) is 0 Å². The van der Waals surface area contributed by atoms with Crippen LogP contribution in [-0.2, 0) is 0 Å². The molecule has 0 aromatic heterocycles. The van der Waals surface area contributed by atoms with Crippen LogP contribution in [0, 0.1) is 11.3 Å². The molecule has 0 amide bonds. The maximum absolute atomic E-state index is 10.6. The van der Waals surface area contributed by atoms with Crippen molar-refractivity contribution in [3.05, 3.63) is 0 Å². The van der Waals surface area contributed by atoms with Crippen LogP contribution in [0.4, 0.5) is 0 Å². The summed E-state index contributed by atoms with van der Waals surface area (Å²) in [5.41, 5.74) is 5.82. The zero-order valence-corrected chi connectivity index (χ0v) is 11.5. The van der Waals surface area contributed by atoms with Gasteiger partial charge in [0.05, 0.1) is 5.60 Å². The smallest absolute Gasteiger partial charge is 0.0923 e. The summed E-state index contributed by atoms with van der Waals surface area (Å²) in [6.45, 7) is 3.63. The molecular weight excluding hydrogens is 224 g/mol. The highest BCUT2D eigenvalue weighted by molar-refractivity contribution is 5.00. The zero-order chi connectivity index (χ0) is 12.6. The molecule has 1 spiro atoms. The molecule has 2 saturated carbocycles. The minimum atomic E-state index is -0.597. The fraction of sp³-hybridized carbons (Fsp3) is 1.00. The first-order valence-corrected chi connectivity index (χ1v) is 7.81. The van der Waals surface area contributed by atoms with Crippen LogP contribution in [0.25, 0.3) is 0 Å². The van der Waals surface area contributed by atoms with E-state index in [1.54, 1.807) is 0 Å². The van der Waals surface area contributed by atoms with E-state index in [0.717, 1.165) is 6.54 Å². The zero-order valence-electron chi connectivity index (χ0n) is 11.5. The monoisotopic (exact) mass is 252 g/mol. The third-order valence-corrected chi connectivity index (χ3v) is 5.62. The summed E-state index contributed by atoms with van der Waals surface area (Å²) >= 11 is 0. The van der Waals surface area contributed by atoms with E-state index in [9.17, 15) is 5.11 Å². The van der Waals surface area contributed by atoms with E-state index >= 15 is 0 Å². The molecule has 1 saturated heterocycles. The first kappa shape index (κ1) is 12.9. The van der Waals surface area contributed by atoms with Gasteiger partial charge in [-0.3, -0.25) is 4.90 Å². The van der Waals surface area contributed by atoms with Gasteiger partial charge in [-0.05, 0) is 50.0 Å². The highest BCUT2D eigenvalue weighted by Gasteiger charge is 2.46. The number of aliphatic hydroxyl groups is 1. The Kier molecular flexibility index (Phi) is 3.41. The number of hydrogen-bond acceptors (Lipinski definition) is 3. The molecule has 3 rings (SSSR count). The first-order valence-electron chi connectivity index (χ1n) is 7.81. The van der Waals surface area contributed by atoms with Crippen LogP contribution in [0.3, 0.4) is 0 Å². The van der Waals surface area contributed by atoms with Crippen LogP contribution in [0.5, 0.6) is 0 Å². The van der Waals surface area contributed by atoms with Crippen molar-refractivity contribution in [3.8, 4) is 0 Å². The third kappa shape index (κ3) is 2.45. The standard InChI is InChI=1S/C15H28N2O/c16-10-15(18,13-4-5-13)12-17-9-8-14(11-17)6-2-1-3-7-14/h13,18H,1-12,16H2. The first-order chi connectivity index (χ1) is 8.66. The number of likely N-dealkylation sites (tertiary alicyclic amines) is 1. The van der Waals surface area contributed by atoms with Gasteiger partial charge < -0.3 is 10.8 Å². The van der Waals surface area contributed by atoms with Gasteiger partial charge in [-0.1, -0.05) is 19.3 Å². The predicted octanol–water partition coefficient (Wildman–Crippen LogP) is 1.74. The lowest BCUT2D eigenvalue weighted by atomic mass is 9.73. The minimum Gasteiger partial charge on any atom is -0.387 e. The average molecular weight is 252 g/mol. The minimum absolute atomic E-state index is 0.432. The molecule has 3 nitrogen and oxygen atoms in total. The van der Waals surface area contributed by atoms with Crippen molar-refractivity contribution in [2.24, 2.45) is 17.1 Å². The lowest BCUT2D eigenvalue weighted by Crippen LogP contribution is -2.50. The number of β-amino-alcohol motifs (C(OH)–C–C–N with tert-alkyl or cyclic N) is 1. The molecule has 3 heteroatoms. The average Bonchev–Trinajstić information content (AvgIpc) is 3.17. The Balaban J connectivity index is 1.58. The predicted molar refractivity (Wildman–Crippen MR) is 73.3 cm³/mol. The summed E-state index contributed by atoms with van der Waals surface area (Å²) in [4.78, 5) is 2.50. The Morgan fingerprint density at radius 3 is 2.50 bits per heavy atom. The summed E-state index contributed by atoms with van der Waals surface area (Å²) in [6.07, 6.45) is 10.8. The summed E-state index contributed by atoms with van der Waals surface area (Å²) in [6, 6.07) is 0. The SMILES string of the molecule is NCC(O)(CN1CCC2(CCCCC2)C1)C1CC1. The topological polar surface area (TPSA) is 49.5 Å². The van der Waals surface area contributed by atoms with E-state index in [1.807, 2.05) is 0 Å². The molecule has 18 heavy (non-hydrogen) atoms. The molecule has 1 aliphatic heterocycles. The molecular formula is C15H28N2O.